The Morgan fingerprint density at radius 1 is 0.619 bits per heavy atom. The van der Waals surface area contributed by atoms with Crippen LogP contribution < -0.4 is 19.3 Å². The fraction of sp³-hybridized carbons (Fsp3) is 0.393. The summed E-state index contributed by atoms with van der Waals surface area (Å²) < 4.78 is 30.7. The molecule has 2 aromatic rings. The quantitative estimate of drug-likeness (QED) is 0.169. The number of carbonyl (C=O) groups is 5. The molecular weight excluding hydrogens is 556 g/mol. The molecule has 0 heterocycles. The van der Waals surface area contributed by atoms with Gasteiger partial charge in [-0.15, -0.1) is 0 Å². The Morgan fingerprint density at radius 3 is 1.38 bits per heavy atom. The molecule has 14 nitrogen and oxygen atoms in total. The summed E-state index contributed by atoms with van der Waals surface area (Å²) in [4.78, 5) is 62.5. The zero-order valence-electron chi connectivity index (χ0n) is 24.0. The Morgan fingerprint density at radius 2 is 1.00 bits per heavy atom. The van der Waals surface area contributed by atoms with Gasteiger partial charge in [-0.1, -0.05) is 6.07 Å². The third-order valence-electron chi connectivity index (χ3n) is 5.79. The van der Waals surface area contributed by atoms with Gasteiger partial charge in [-0.2, -0.15) is 0 Å². The van der Waals surface area contributed by atoms with Crippen molar-refractivity contribution in [1.82, 2.24) is 0 Å². The first-order valence-corrected chi connectivity index (χ1v) is 12.5. The molecule has 0 aliphatic carbocycles. The third-order valence-corrected chi connectivity index (χ3v) is 5.79. The molecule has 0 unspecified atom stereocenters. The molecule has 0 spiro atoms. The van der Waals surface area contributed by atoms with Gasteiger partial charge in [-0.25, -0.2) is 4.79 Å². The van der Waals surface area contributed by atoms with E-state index in [1.54, 1.807) is 18.2 Å². The number of rotatable bonds is 16. The SMILES string of the molecule is COC(=O)CN(CC(=O)OC)c1ccc(C)cc1OCCOc1cc(C(=O)O)ccc1N(CC(=O)OC)CC(=O)OC. The summed E-state index contributed by atoms with van der Waals surface area (Å²) in [6.45, 7) is 0.514. The molecule has 2 aromatic carbocycles. The van der Waals surface area contributed by atoms with Crippen molar-refractivity contribution in [2.24, 2.45) is 0 Å². The normalized spacial score (nSPS) is 10.2. The Labute approximate surface area is 242 Å². The molecule has 0 saturated heterocycles. The first-order valence-electron chi connectivity index (χ1n) is 12.5. The Hall–Kier alpha value is -5.01. The van der Waals surface area contributed by atoms with Gasteiger partial charge in [0.1, 0.15) is 50.9 Å². The average Bonchev–Trinajstić information content (AvgIpc) is 2.98. The van der Waals surface area contributed by atoms with E-state index < -0.39 is 29.8 Å². The number of aromatic carboxylic acids is 1. The average molecular weight is 591 g/mol. The second-order valence-corrected chi connectivity index (χ2v) is 8.67. The van der Waals surface area contributed by atoms with Crippen molar-refractivity contribution in [3.8, 4) is 11.5 Å². The fourth-order valence-electron chi connectivity index (χ4n) is 3.66. The number of anilines is 2. The highest BCUT2D eigenvalue weighted by molar-refractivity contribution is 5.90. The highest BCUT2D eigenvalue weighted by atomic mass is 16.5. The molecule has 228 valence electrons. The summed E-state index contributed by atoms with van der Waals surface area (Å²) in [5.41, 5.74) is 1.41. The van der Waals surface area contributed by atoms with Crippen molar-refractivity contribution in [3.63, 3.8) is 0 Å². The summed E-state index contributed by atoms with van der Waals surface area (Å²) in [5, 5.41) is 9.48. The van der Waals surface area contributed by atoms with Gasteiger partial charge < -0.3 is 43.3 Å². The molecule has 0 saturated carbocycles. The molecule has 0 radical (unpaired) electrons. The van der Waals surface area contributed by atoms with Crippen molar-refractivity contribution in [3.05, 3.63) is 47.5 Å². The van der Waals surface area contributed by atoms with Crippen molar-refractivity contribution < 1.29 is 57.5 Å². The Balaban J connectivity index is 2.31. The summed E-state index contributed by atoms with van der Waals surface area (Å²) in [7, 11) is 4.84. The van der Waals surface area contributed by atoms with Crippen LogP contribution in [0.25, 0.3) is 0 Å². The number of carboxylic acid groups (broad SMARTS) is 1. The molecule has 14 heteroatoms. The predicted molar refractivity (Wildman–Crippen MR) is 148 cm³/mol. The lowest BCUT2D eigenvalue weighted by Crippen LogP contribution is -2.36. The number of benzene rings is 2. The van der Waals surface area contributed by atoms with Gasteiger partial charge in [0.15, 0.2) is 0 Å². The van der Waals surface area contributed by atoms with Crippen LogP contribution in [0.3, 0.4) is 0 Å². The first kappa shape index (κ1) is 33.2. The van der Waals surface area contributed by atoms with Crippen molar-refractivity contribution in [2.75, 3.05) is 77.6 Å². The molecule has 1 N–H and O–H groups in total. The first-order chi connectivity index (χ1) is 20.0. The summed E-state index contributed by atoms with van der Waals surface area (Å²) in [5.74, 6) is -3.27. The number of hydrogen-bond acceptors (Lipinski definition) is 13. The van der Waals surface area contributed by atoms with E-state index in [-0.39, 0.29) is 56.4 Å². The van der Waals surface area contributed by atoms with E-state index >= 15 is 0 Å². The van der Waals surface area contributed by atoms with Crippen LogP contribution in [0, 0.1) is 6.92 Å². The van der Waals surface area contributed by atoms with Gasteiger partial charge >= 0.3 is 29.8 Å². The van der Waals surface area contributed by atoms with Gasteiger partial charge in [0.2, 0.25) is 0 Å². The van der Waals surface area contributed by atoms with E-state index in [0.29, 0.717) is 11.4 Å². The van der Waals surface area contributed by atoms with Crippen LogP contribution in [-0.2, 0) is 38.1 Å². The Kier molecular flexibility index (Phi) is 12.9. The molecule has 0 aromatic heterocycles. The molecule has 2 rings (SSSR count). The van der Waals surface area contributed by atoms with Crippen LogP contribution in [0.5, 0.6) is 11.5 Å². The van der Waals surface area contributed by atoms with E-state index in [9.17, 15) is 29.1 Å². The lowest BCUT2D eigenvalue weighted by atomic mass is 10.1. The number of hydrogen-bond donors (Lipinski definition) is 1. The number of methoxy groups -OCH3 is 4. The van der Waals surface area contributed by atoms with Crippen LogP contribution >= 0.6 is 0 Å². The van der Waals surface area contributed by atoms with Gasteiger partial charge in [0.25, 0.3) is 0 Å². The van der Waals surface area contributed by atoms with E-state index in [0.717, 1.165) is 5.56 Å². The number of nitrogens with zero attached hydrogens (tertiary/aromatic N) is 2. The lowest BCUT2D eigenvalue weighted by Gasteiger charge is -2.26. The zero-order valence-corrected chi connectivity index (χ0v) is 24.0. The molecule has 0 atom stereocenters. The smallest absolute Gasteiger partial charge is 0.335 e. The summed E-state index contributed by atoms with van der Waals surface area (Å²) >= 11 is 0. The van der Waals surface area contributed by atoms with Crippen LogP contribution in [0.1, 0.15) is 15.9 Å². The number of esters is 4. The zero-order chi connectivity index (χ0) is 31.2. The number of carboxylic acids is 1. The minimum absolute atomic E-state index is 0.0501. The Bertz CT molecular complexity index is 1240. The maximum Gasteiger partial charge on any atom is 0.335 e. The van der Waals surface area contributed by atoms with Crippen molar-refractivity contribution in [2.45, 2.75) is 6.92 Å². The third kappa shape index (κ3) is 9.87. The molecule has 0 aliphatic rings. The molecule has 0 aliphatic heterocycles. The minimum Gasteiger partial charge on any atom is -0.488 e. The molecule has 0 bridgehead atoms. The van der Waals surface area contributed by atoms with E-state index in [2.05, 4.69) is 0 Å². The molecule has 0 amide bonds. The fourth-order valence-corrected chi connectivity index (χ4v) is 3.66. The second-order valence-electron chi connectivity index (χ2n) is 8.67. The van der Waals surface area contributed by atoms with Crippen LogP contribution in [0.15, 0.2) is 36.4 Å². The standard InChI is InChI=1S/C28H34N2O12/c1-18-6-8-20(29(14-24(31)37-2)15-25(32)38-3)22(12-18)41-10-11-42-23-13-19(28(35)36)7-9-21(23)30(16-26(33)39-4)17-27(34)40-5/h6-9,12-13H,10-11,14-17H2,1-5H3,(H,35,36). The van der Waals surface area contributed by atoms with E-state index in [1.165, 1.54) is 56.4 Å². The topological polar surface area (TPSA) is 167 Å². The molecule has 0 fully saturated rings. The largest absolute Gasteiger partial charge is 0.488 e. The van der Waals surface area contributed by atoms with Gasteiger partial charge in [0, 0.05) is 0 Å². The monoisotopic (exact) mass is 590 g/mol. The van der Waals surface area contributed by atoms with Crippen molar-refractivity contribution in [1.29, 1.82) is 0 Å². The highest BCUT2D eigenvalue weighted by Crippen LogP contribution is 2.32. The maximum absolute atomic E-state index is 12.0. The van der Waals surface area contributed by atoms with Crippen LogP contribution in [0.2, 0.25) is 0 Å². The van der Waals surface area contributed by atoms with Gasteiger partial charge in [-0.3, -0.25) is 19.2 Å². The predicted octanol–water partition coefficient (Wildman–Crippen LogP) is 1.46. The number of carbonyl (C=O) groups excluding carboxylic acids is 4. The molecule has 42 heavy (non-hydrogen) atoms. The second kappa shape index (κ2) is 16.3. The molecular formula is C28H34N2O12. The van der Waals surface area contributed by atoms with Crippen LogP contribution in [0.4, 0.5) is 11.4 Å². The summed E-state index contributed by atoms with van der Waals surface area (Å²) in [6.07, 6.45) is 0. The number of aryl methyl sites for hydroxylation is 1. The lowest BCUT2D eigenvalue weighted by molar-refractivity contribution is -0.141. The highest BCUT2D eigenvalue weighted by Gasteiger charge is 2.22. The van der Waals surface area contributed by atoms with E-state index in [4.69, 9.17) is 28.4 Å². The summed E-state index contributed by atoms with van der Waals surface area (Å²) in [6, 6.07) is 9.14. The van der Waals surface area contributed by atoms with Crippen LogP contribution in [-0.4, -0.2) is 103 Å². The van der Waals surface area contributed by atoms with Gasteiger partial charge in [-0.05, 0) is 42.8 Å². The van der Waals surface area contributed by atoms with E-state index in [1.807, 2.05) is 6.92 Å². The van der Waals surface area contributed by atoms with Gasteiger partial charge in [0.05, 0.1) is 45.4 Å². The number of ether oxygens (including phenoxy) is 6. The maximum atomic E-state index is 12.0. The minimum atomic E-state index is -1.21. The van der Waals surface area contributed by atoms with Crippen molar-refractivity contribution >= 4 is 41.2 Å².